The number of carbonyl (C=O) groups is 1. The van der Waals surface area contributed by atoms with Gasteiger partial charge in [-0.3, -0.25) is 4.79 Å². The van der Waals surface area contributed by atoms with E-state index in [0.29, 0.717) is 6.61 Å². The van der Waals surface area contributed by atoms with Gasteiger partial charge in [0.1, 0.15) is 5.75 Å². The summed E-state index contributed by atoms with van der Waals surface area (Å²) in [7, 11) is -3.24. The summed E-state index contributed by atoms with van der Waals surface area (Å²) in [6.45, 7) is 0.501. The van der Waals surface area contributed by atoms with Gasteiger partial charge in [-0.1, -0.05) is 0 Å². The Morgan fingerprint density at radius 3 is 2.77 bits per heavy atom. The minimum atomic E-state index is -3.24. The lowest BCUT2D eigenvalue weighted by Gasteiger charge is -2.12. The van der Waals surface area contributed by atoms with E-state index >= 15 is 0 Å². The molecule has 74 valence electrons. The van der Waals surface area contributed by atoms with Gasteiger partial charge in [-0.05, 0) is 18.9 Å². The van der Waals surface area contributed by atoms with Crippen LogP contribution in [0.15, 0.2) is 11.8 Å². The molecule has 5 heteroatoms. The van der Waals surface area contributed by atoms with Crippen molar-refractivity contribution >= 4 is 15.6 Å². The Kier molecular flexibility index (Phi) is 3.08. The second kappa shape index (κ2) is 3.91. The fourth-order valence-corrected chi connectivity index (χ4v) is 1.68. The topological polar surface area (TPSA) is 60.4 Å². The minimum absolute atomic E-state index is 0.205. The molecule has 0 saturated carbocycles. The van der Waals surface area contributed by atoms with Crippen molar-refractivity contribution in [2.45, 2.75) is 12.8 Å². The zero-order valence-corrected chi connectivity index (χ0v) is 8.26. The summed E-state index contributed by atoms with van der Waals surface area (Å²) in [4.78, 5) is 11.2. The Balaban J connectivity index is 2.62. The van der Waals surface area contributed by atoms with Gasteiger partial charge >= 0.3 is 0 Å². The molecule has 0 spiro atoms. The van der Waals surface area contributed by atoms with Gasteiger partial charge in [-0.15, -0.1) is 0 Å². The largest absolute Gasteiger partial charge is 0.490 e. The molecule has 0 aromatic carbocycles. The lowest BCUT2D eigenvalue weighted by Crippen LogP contribution is -2.19. The van der Waals surface area contributed by atoms with Crippen molar-refractivity contribution in [3.05, 3.63) is 11.8 Å². The fraction of sp³-hybridized carbons (Fsp3) is 0.625. The van der Waals surface area contributed by atoms with Crippen LogP contribution in [0.3, 0.4) is 0 Å². The quantitative estimate of drug-likeness (QED) is 0.663. The highest BCUT2D eigenvalue weighted by Gasteiger charge is 2.18. The van der Waals surface area contributed by atoms with E-state index in [9.17, 15) is 13.2 Å². The van der Waals surface area contributed by atoms with Crippen LogP contribution in [0.4, 0.5) is 0 Å². The van der Waals surface area contributed by atoms with Gasteiger partial charge < -0.3 is 4.74 Å². The highest BCUT2D eigenvalue weighted by molar-refractivity contribution is 7.91. The van der Waals surface area contributed by atoms with Gasteiger partial charge in [0.2, 0.25) is 5.78 Å². The molecule has 0 aromatic heterocycles. The zero-order valence-electron chi connectivity index (χ0n) is 7.45. The van der Waals surface area contributed by atoms with Crippen LogP contribution >= 0.6 is 0 Å². The summed E-state index contributed by atoms with van der Waals surface area (Å²) < 4.78 is 26.6. The Bertz CT molecular complexity index is 326. The molecule has 0 N–H and O–H groups in total. The standard InChI is InChI=1S/C8H12O4S/c1-13(10,11)6-7(9)8-4-2-3-5-12-8/h4H,2-3,5-6H2,1H3. The third-order valence-corrected chi connectivity index (χ3v) is 2.39. The molecule has 0 atom stereocenters. The van der Waals surface area contributed by atoms with E-state index in [0.717, 1.165) is 19.1 Å². The molecule has 0 radical (unpaired) electrons. The third-order valence-electron chi connectivity index (χ3n) is 1.60. The van der Waals surface area contributed by atoms with E-state index < -0.39 is 21.4 Å². The number of allylic oxidation sites excluding steroid dienone is 2. The number of ketones is 1. The monoisotopic (exact) mass is 204 g/mol. The summed E-state index contributed by atoms with van der Waals surface area (Å²) in [5.41, 5.74) is 0. The van der Waals surface area contributed by atoms with Crippen molar-refractivity contribution in [3.8, 4) is 0 Å². The zero-order chi connectivity index (χ0) is 9.90. The van der Waals surface area contributed by atoms with Crippen LogP contribution in [0.5, 0.6) is 0 Å². The second-order valence-electron chi connectivity index (χ2n) is 3.05. The predicted octanol–water partition coefficient (Wildman–Crippen LogP) is 0.294. The average molecular weight is 204 g/mol. The van der Waals surface area contributed by atoms with Crippen molar-refractivity contribution in [1.29, 1.82) is 0 Å². The maximum atomic E-state index is 11.2. The highest BCUT2D eigenvalue weighted by atomic mass is 32.2. The number of rotatable bonds is 3. The Morgan fingerprint density at radius 1 is 1.62 bits per heavy atom. The molecule has 1 rings (SSSR count). The molecule has 0 saturated heterocycles. The molecule has 0 aromatic rings. The minimum Gasteiger partial charge on any atom is -0.490 e. The van der Waals surface area contributed by atoms with Crippen LogP contribution in [-0.2, 0) is 19.4 Å². The van der Waals surface area contributed by atoms with Gasteiger partial charge in [0.05, 0.1) is 6.61 Å². The Labute approximate surface area is 77.5 Å². The van der Waals surface area contributed by atoms with Crippen molar-refractivity contribution in [2.75, 3.05) is 18.6 Å². The van der Waals surface area contributed by atoms with Crippen LogP contribution in [0.2, 0.25) is 0 Å². The van der Waals surface area contributed by atoms with E-state index in [-0.39, 0.29) is 5.76 Å². The van der Waals surface area contributed by atoms with Crippen LogP contribution in [-0.4, -0.2) is 32.8 Å². The molecule has 13 heavy (non-hydrogen) atoms. The predicted molar refractivity (Wildman–Crippen MR) is 48.0 cm³/mol. The molecular formula is C8H12O4S. The normalized spacial score (nSPS) is 17.5. The molecule has 4 nitrogen and oxygen atoms in total. The number of Topliss-reactive ketones (excluding diaryl/α,β-unsaturated/α-hetero) is 1. The Hall–Kier alpha value is -0.840. The van der Waals surface area contributed by atoms with E-state index in [2.05, 4.69) is 0 Å². The smallest absolute Gasteiger partial charge is 0.211 e. The number of sulfone groups is 1. The van der Waals surface area contributed by atoms with Crippen LogP contribution in [0, 0.1) is 0 Å². The molecule has 0 bridgehead atoms. The summed E-state index contributed by atoms with van der Waals surface area (Å²) in [6, 6.07) is 0. The first kappa shape index (κ1) is 10.2. The van der Waals surface area contributed by atoms with Crippen LogP contribution in [0.25, 0.3) is 0 Å². The molecule has 1 aliphatic heterocycles. The summed E-state index contributed by atoms with van der Waals surface area (Å²) >= 11 is 0. The van der Waals surface area contributed by atoms with Crippen molar-refractivity contribution in [2.24, 2.45) is 0 Å². The first-order chi connectivity index (χ1) is 5.99. The van der Waals surface area contributed by atoms with Gasteiger partial charge in [-0.2, -0.15) is 0 Å². The van der Waals surface area contributed by atoms with Gasteiger partial charge in [0, 0.05) is 6.26 Å². The van der Waals surface area contributed by atoms with Gasteiger partial charge in [0.25, 0.3) is 0 Å². The van der Waals surface area contributed by atoms with E-state index in [4.69, 9.17) is 4.74 Å². The lowest BCUT2D eigenvalue weighted by molar-refractivity contribution is -0.116. The molecule has 0 aliphatic carbocycles. The maximum Gasteiger partial charge on any atom is 0.211 e. The third kappa shape index (κ3) is 3.59. The molecule has 1 aliphatic rings. The first-order valence-electron chi connectivity index (χ1n) is 4.03. The van der Waals surface area contributed by atoms with Gasteiger partial charge in [0.15, 0.2) is 15.6 Å². The molecular weight excluding hydrogens is 192 g/mol. The van der Waals surface area contributed by atoms with Crippen LogP contribution in [0.1, 0.15) is 12.8 Å². The first-order valence-corrected chi connectivity index (χ1v) is 6.09. The molecule has 0 unspecified atom stereocenters. The van der Waals surface area contributed by atoms with Crippen molar-refractivity contribution < 1.29 is 17.9 Å². The van der Waals surface area contributed by atoms with E-state index in [1.54, 1.807) is 6.08 Å². The summed E-state index contributed by atoms with van der Waals surface area (Å²) in [6.07, 6.45) is 4.35. The van der Waals surface area contributed by atoms with Crippen LogP contribution < -0.4 is 0 Å². The second-order valence-corrected chi connectivity index (χ2v) is 5.19. The number of ether oxygens (including phenoxy) is 1. The number of carbonyl (C=O) groups excluding carboxylic acids is 1. The number of hydrogen-bond donors (Lipinski definition) is 0. The SMILES string of the molecule is CS(=O)(=O)CC(=O)C1=CCCCO1. The lowest BCUT2D eigenvalue weighted by atomic mass is 10.2. The van der Waals surface area contributed by atoms with E-state index in [1.165, 1.54) is 0 Å². The highest BCUT2D eigenvalue weighted by Crippen LogP contribution is 2.11. The van der Waals surface area contributed by atoms with Crippen molar-refractivity contribution in [1.82, 2.24) is 0 Å². The average Bonchev–Trinajstić information content (AvgIpc) is 2.03. The Morgan fingerprint density at radius 2 is 2.31 bits per heavy atom. The molecule has 0 amide bonds. The summed E-state index contributed by atoms with van der Waals surface area (Å²) in [5.74, 6) is -0.697. The van der Waals surface area contributed by atoms with Crippen molar-refractivity contribution in [3.63, 3.8) is 0 Å². The van der Waals surface area contributed by atoms with E-state index in [1.807, 2.05) is 0 Å². The number of hydrogen-bond acceptors (Lipinski definition) is 4. The molecule has 1 heterocycles. The van der Waals surface area contributed by atoms with Gasteiger partial charge in [-0.25, -0.2) is 8.42 Å². The maximum absolute atomic E-state index is 11.2. The summed E-state index contributed by atoms with van der Waals surface area (Å²) in [5, 5.41) is 0. The molecule has 0 fully saturated rings. The fourth-order valence-electron chi connectivity index (χ4n) is 1.06.